The summed E-state index contributed by atoms with van der Waals surface area (Å²) >= 11 is 0. The zero-order chi connectivity index (χ0) is 14.0. The lowest BCUT2D eigenvalue weighted by molar-refractivity contribution is -0.0654. The van der Waals surface area contributed by atoms with Gasteiger partial charge in [0.15, 0.2) is 0 Å². The first-order chi connectivity index (χ1) is 9.02. The zero-order valence-corrected chi connectivity index (χ0v) is 12.5. The van der Waals surface area contributed by atoms with Gasteiger partial charge in [0, 0.05) is 25.2 Å². The molecule has 19 heavy (non-hydrogen) atoms. The van der Waals surface area contributed by atoms with Crippen LogP contribution in [-0.2, 0) is 4.74 Å². The van der Waals surface area contributed by atoms with E-state index in [1.165, 1.54) is 16.7 Å². The standard InChI is InChI=1S/C16H26N2O/c1-11-5-6-15(12(2)7-11)16(8-17)18-9-14(4)19-10-13(18)3/h5-7,13-14,16H,8-10,17H2,1-4H3. The summed E-state index contributed by atoms with van der Waals surface area (Å²) in [4.78, 5) is 2.49. The molecule has 0 aromatic heterocycles. The smallest absolute Gasteiger partial charge is 0.0675 e. The molecule has 1 aromatic carbocycles. The average Bonchev–Trinajstić information content (AvgIpc) is 2.36. The van der Waals surface area contributed by atoms with Gasteiger partial charge < -0.3 is 10.5 Å². The second-order valence-electron chi connectivity index (χ2n) is 5.80. The van der Waals surface area contributed by atoms with E-state index in [2.05, 4.69) is 50.8 Å². The highest BCUT2D eigenvalue weighted by atomic mass is 16.5. The average molecular weight is 262 g/mol. The number of aryl methyl sites for hydroxylation is 2. The van der Waals surface area contributed by atoms with Crippen molar-refractivity contribution in [3.63, 3.8) is 0 Å². The van der Waals surface area contributed by atoms with Crippen LogP contribution in [0.2, 0.25) is 0 Å². The van der Waals surface area contributed by atoms with Gasteiger partial charge in [-0.2, -0.15) is 0 Å². The highest BCUT2D eigenvalue weighted by Crippen LogP contribution is 2.28. The number of nitrogens with two attached hydrogens (primary N) is 1. The van der Waals surface area contributed by atoms with Crippen LogP contribution in [0, 0.1) is 13.8 Å². The molecule has 2 rings (SSSR count). The quantitative estimate of drug-likeness (QED) is 0.909. The summed E-state index contributed by atoms with van der Waals surface area (Å²) in [5.74, 6) is 0. The lowest BCUT2D eigenvalue weighted by atomic mass is 9.96. The van der Waals surface area contributed by atoms with Crippen LogP contribution in [0.3, 0.4) is 0 Å². The van der Waals surface area contributed by atoms with Crippen LogP contribution in [-0.4, -0.2) is 36.7 Å². The molecule has 1 heterocycles. The molecule has 0 radical (unpaired) electrons. The van der Waals surface area contributed by atoms with Crippen molar-refractivity contribution in [1.29, 1.82) is 0 Å². The van der Waals surface area contributed by atoms with E-state index >= 15 is 0 Å². The van der Waals surface area contributed by atoms with Gasteiger partial charge >= 0.3 is 0 Å². The van der Waals surface area contributed by atoms with Crippen LogP contribution in [0.1, 0.15) is 36.6 Å². The highest BCUT2D eigenvalue weighted by Gasteiger charge is 2.30. The topological polar surface area (TPSA) is 38.5 Å². The van der Waals surface area contributed by atoms with Crippen molar-refractivity contribution in [2.45, 2.75) is 45.9 Å². The van der Waals surface area contributed by atoms with E-state index in [1.807, 2.05) is 0 Å². The lowest BCUT2D eigenvalue weighted by Crippen LogP contribution is -2.50. The van der Waals surface area contributed by atoms with Crippen molar-refractivity contribution >= 4 is 0 Å². The van der Waals surface area contributed by atoms with Gasteiger partial charge in [0.2, 0.25) is 0 Å². The van der Waals surface area contributed by atoms with Crippen LogP contribution in [0.25, 0.3) is 0 Å². The first-order valence-corrected chi connectivity index (χ1v) is 7.17. The first-order valence-electron chi connectivity index (χ1n) is 7.17. The minimum atomic E-state index is 0.288. The Morgan fingerprint density at radius 2 is 2.11 bits per heavy atom. The molecule has 3 atom stereocenters. The number of hydrogen-bond donors (Lipinski definition) is 1. The summed E-state index contributed by atoms with van der Waals surface area (Å²) in [5, 5.41) is 0. The molecule has 1 aromatic rings. The molecular formula is C16H26N2O. The molecule has 2 N–H and O–H groups in total. The molecule has 0 spiro atoms. The minimum Gasteiger partial charge on any atom is -0.376 e. The van der Waals surface area contributed by atoms with Crippen molar-refractivity contribution in [3.8, 4) is 0 Å². The maximum Gasteiger partial charge on any atom is 0.0675 e. The molecule has 3 nitrogen and oxygen atoms in total. The van der Waals surface area contributed by atoms with Crippen LogP contribution in [0.4, 0.5) is 0 Å². The predicted molar refractivity (Wildman–Crippen MR) is 79.3 cm³/mol. The lowest BCUT2D eigenvalue weighted by Gasteiger charge is -2.42. The summed E-state index contributed by atoms with van der Waals surface area (Å²) in [6.45, 7) is 11.1. The van der Waals surface area contributed by atoms with Crippen molar-refractivity contribution in [2.24, 2.45) is 5.73 Å². The Kier molecular flexibility index (Phi) is 4.61. The SMILES string of the molecule is Cc1ccc(C(CN)N2CC(C)OCC2C)c(C)c1. The Bertz CT molecular complexity index is 433. The van der Waals surface area contributed by atoms with Crippen molar-refractivity contribution < 1.29 is 4.74 Å². The second kappa shape index (κ2) is 6.04. The fraction of sp³-hybridized carbons (Fsp3) is 0.625. The maximum absolute atomic E-state index is 6.07. The minimum absolute atomic E-state index is 0.288. The number of hydrogen-bond acceptors (Lipinski definition) is 3. The molecule has 0 aliphatic carbocycles. The van der Waals surface area contributed by atoms with E-state index in [0.29, 0.717) is 18.6 Å². The van der Waals surface area contributed by atoms with Gasteiger partial charge in [-0.1, -0.05) is 23.8 Å². The van der Waals surface area contributed by atoms with Gasteiger partial charge in [0.1, 0.15) is 0 Å². The first kappa shape index (κ1) is 14.5. The summed E-state index contributed by atoms with van der Waals surface area (Å²) < 4.78 is 5.72. The van der Waals surface area contributed by atoms with E-state index in [4.69, 9.17) is 10.5 Å². The van der Waals surface area contributed by atoms with E-state index in [0.717, 1.165) is 13.2 Å². The summed E-state index contributed by atoms with van der Waals surface area (Å²) in [6.07, 6.45) is 0.288. The van der Waals surface area contributed by atoms with E-state index in [-0.39, 0.29) is 6.10 Å². The molecule has 3 unspecified atom stereocenters. The molecule has 0 amide bonds. The monoisotopic (exact) mass is 262 g/mol. The van der Waals surface area contributed by atoms with Crippen LogP contribution in [0.5, 0.6) is 0 Å². The Morgan fingerprint density at radius 3 is 2.74 bits per heavy atom. The molecule has 1 aliphatic rings. The number of rotatable bonds is 3. The molecule has 3 heteroatoms. The molecule has 1 fully saturated rings. The van der Waals surface area contributed by atoms with E-state index < -0.39 is 0 Å². The van der Waals surface area contributed by atoms with Crippen LogP contribution in [0.15, 0.2) is 18.2 Å². The van der Waals surface area contributed by atoms with E-state index in [9.17, 15) is 0 Å². The second-order valence-corrected chi connectivity index (χ2v) is 5.80. The third-order valence-electron chi connectivity index (χ3n) is 4.06. The normalized spacial score (nSPS) is 26.4. The Hall–Kier alpha value is -0.900. The third-order valence-corrected chi connectivity index (χ3v) is 4.06. The van der Waals surface area contributed by atoms with E-state index in [1.54, 1.807) is 0 Å². The Labute approximate surface area is 116 Å². The van der Waals surface area contributed by atoms with Gasteiger partial charge in [0.25, 0.3) is 0 Å². The summed E-state index contributed by atoms with van der Waals surface area (Å²) in [7, 11) is 0. The van der Waals surface area contributed by atoms with Crippen LogP contribution >= 0.6 is 0 Å². The highest BCUT2D eigenvalue weighted by molar-refractivity contribution is 5.33. The Balaban J connectivity index is 2.27. The van der Waals surface area contributed by atoms with Gasteiger partial charge in [-0.25, -0.2) is 0 Å². The van der Waals surface area contributed by atoms with Gasteiger partial charge in [-0.3, -0.25) is 4.90 Å². The molecule has 0 saturated carbocycles. The predicted octanol–water partition coefficient (Wildman–Crippen LogP) is 2.41. The fourth-order valence-corrected chi connectivity index (χ4v) is 3.00. The van der Waals surface area contributed by atoms with Gasteiger partial charge in [0.05, 0.1) is 12.7 Å². The maximum atomic E-state index is 6.07. The summed E-state index contributed by atoms with van der Waals surface area (Å²) in [5.41, 5.74) is 10.1. The molecule has 106 valence electrons. The number of nitrogens with zero attached hydrogens (tertiary/aromatic N) is 1. The zero-order valence-electron chi connectivity index (χ0n) is 12.5. The molecular weight excluding hydrogens is 236 g/mol. The molecule has 1 aliphatic heterocycles. The number of benzene rings is 1. The van der Waals surface area contributed by atoms with Crippen LogP contribution < -0.4 is 5.73 Å². The molecule has 0 bridgehead atoms. The summed E-state index contributed by atoms with van der Waals surface area (Å²) in [6, 6.07) is 7.37. The number of ether oxygens (including phenoxy) is 1. The Morgan fingerprint density at radius 1 is 1.37 bits per heavy atom. The largest absolute Gasteiger partial charge is 0.376 e. The van der Waals surface area contributed by atoms with Gasteiger partial charge in [-0.05, 0) is 38.8 Å². The fourth-order valence-electron chi connectivity index (χ4n) is 3.00. The van der Waals surface area contributed by atoms with Crippen molar-refractivity contribution in [1.82, 2.24) is 4.90 Å². The van der Waals surface area contributed by atoms with Gasteiger partial charge in [-0.15, -0.1) is 0 Å². The third kappa shape index (κ3) is 3.16. The molecule has 1 saturated heterocycles. The van der Waals surface area contributed by atoms with Crippen molar-refractivity contribution in [2.75, 3.05) is 19.7 Å². The number of morpholine rings is 1. The van der Waals surface area contributed by atoms with Crippen molar-refractivity contribution in [3.05, 3.63) is 34.9 Å².